The first kappa shape index (κ1) is 16.2. The lowest BCUT2D eigenvalue weighted by Gasteiger charge is -2.31. The van der Waals surface area contributed by atoms with Crippen molar-refractivity contribution in [3.05, 3.63) is 64.7 Å². The van der Waals surface area contributed by atoms with Gasteiger partial charge in [-0.15, -0.1) is 0 Å². The van der Waals surface area contributed by atoms with Crippen LogP contribution in [-0.4, -0.2) is 23.8 Å². The Labute approximate surface area is 132 Å². The van der Waals surface area contributed by atoms with Crippen molar-refractivity contribution in [2.24, 2.45) is 5.73 Å². The molecular formula is C17H15NO5. The van der Waals surface area contributed by atoms with E-state index in [0.29, 0.717) is 29.3 Å². The van der Waals surface area contributed by atoms with Gasteiger partial charge in [0.05, 0.1) is 0 Å². The Morgan fingerprint density at radius 2 is 1.78 bits per heavy atom. The molecule has 0 heterocycles. The number of nitrogens with two attached hydrogens (primary N) is 1. The van der Waals surface area contributed by atoms with Crippen LogP contribution < -0.4 is 5.73 Å². The van der Waals surface area contributed by atoms with Crippen molar-refractivity contribution in [2.45, 2.75) is 12.5 Å². The fourth-order valence-electron chi connectivity index (χ4n) is 2.44. The third-order valence-electron chi connectivity index (χ3n) is 3.58. The Balaban J connectivity index is 2.67. The minimum absolute atomic E-state index is 0.0436. The fraction of sp³-hybridized carbons (Fsp3) is 0.118. The summed E-state index contributed by atoms with van der Waals surface area (Å²) in [5, 5.41) is 9.42. The molecule has 0 bridgehead atoms. The molecule has 1 atom stereocenters. The molecule has 0 spiro atoms. The molecule has 0 fully saturated rings. The Hall–Kier alpha value is -3.15. The first-order valence-electron chi connectivity index (χ1n) is 6.73. The topological polar surface area (TPSA) is 107 Å². The lowest BCUT2D eigenvalue weighted by atomic mass is 9.84. The molecule has 2 rings (SSSR count). The number of rotatable bonds is 5. The minimum atomic E-state index is -1.35. The van der Waals surface area contributed by atoms with Gasteiger partial charge < -0.3 is 15.6 Å². The van der Waals surface area contributed by atoms with Crippen molar-refractivity contribution in [2.75, 3.05) is 0 Å². The Morgan fingerprint density at radius 3 is 2.30 bits per heavy atom. The van der Waals surface area contributed by atoms with Gasteiger partial charge >= 0.3 is 6.09 Å². The van der Waals surface area contributed by atoms with Crippen LogP contribution in [0.1, 0.15) is 38.8 Å². The third-order valence-corrected chi connectivity index (χ3v) is 3.58. The lowest BCUT2D eigenvalue weighted by molar-refractivity contribution is 0.0586. The second-order valence-corrected chi connectivity index (χ2v) is 5.08. The van der Waals surface area contributed by atoms with E-state index in [4.69, 9.17) is 10.5 Å². The van der Waals surface area contributed by atoms with Crippen molar-refractivity contribution in [1.29, 1.82) is 0 Å². The molecular weight excluding hydrogens is 298 g/mol. The molecule has 2 aromatic rings. The van der Waals surface area contributed by atoms with Gasteiger partial charge in [0.2, 0.25) is 0 Å². The van der Waals surface area contributed by atoms with Gasteiger partial charge in [-0.25, -0.2) is 4.79 Å². The van der Waals surface area contributed by atoms with Gasteiger partial charge in [-0.2, -0.15) is 0 Å². The molecule has 0 aliphatic carbocycles. The van der Waals surface area contributed by atoms with Crippen LogP contribution in [0, 0.1) is 0 Å². The van der Waals surface area contributed by atoms with Crippen molar-refractivity contribution in [3.8, 4) is 5.75 Å². The van der Waals surface area contributed by atoms with Crippen LogP contribution in [0.25, 0.3) is 0 Å². The van der Waals surface area contributed by atoms with Crippen LogP contribution in [0.4, 0.5) is 4.79 Å². The van der Waals surface area contributed by atoms with E-state index in [-0.39, 0.29) is 11.3 Å². The smallest absolute Gasteiger partial charge is 0.405 e. The maximum Gasteiger partial charge on any atom is 0.405 e. The van der Waals surface area contributed by atoms with Crippen LogP contribution in [0.2, 0.25) is 0 Å². The van der Waals surface area contributed by atoms with E-state index < -0.39 is 11.7 Å². The number of phenolic OH excluding ortho intramolecular Hbond substituents is 1. The molecule has 23 heavy (non-hydrogen) atoms. The van der Waals surface area contributed by atoms with Crippen molar-refractivity contribution in [3.63, 3.8) is 0 Å². The predicted octanol–water partition coefficient (Wildman–Crippen LogP) is 2.38. The summed E-state index contributed by atoms with van der Waals surface area (Å²) in [5.41, 5.74) is 5.24. The molecule has 118 valence electrons. The number of carbonyl (C=O) groups excluding carboxylic acids is 3. The van der Waals surface area contributed by atoms with Crippen molar-refractivity contribution in [1.82, 2.24) is 0 Å². The summed E-state index contributed by atoms with van der Waals surface area (Å²) in [4.78, 5) is 33.6. The molecule has 0 radical (unpaired) electrons. The number of phenols is 1. The van der Waals surface area contributed by atoms with Gasteiger partial charge in [-0.1, -0.05) is 24.3 Å². The highest BCUT2D eigenvalue weighted by molar-refractivity contribution is 5.84. The van der Waals surface area contributed by atoms with Crippen LogP contribution in [0.5, 0.6) is 5.75 Å². The van der Waals surface area contributed by atoms with E-state index in [1.807, 2.05) is 0 Å². The third kappa shape index (κ3) is 3.21. The molecule has 0 aliphatic rings. The van der Waals surface area contributed by atoms with E-state index in [9.17, 15) is 19.5 Å². The Kier molecular flexibility index (Phi) is 4.45. The number of primary amides is 1. The molecule has 0 aliphatic heterocycles. The van der Waals surface area contributed by atoms with E-state index in [0.717, 1.165) is 0 Å². The maximum atomic E-state index is 11.4. The second-order valence-electron chi connectivity index (χ2n) is 5.08. The van der Waals surface area contributed by atoms with Crippen molar-refractivity contribution < 1.29 is 24.2 Å². The normalized spacial score (nSPS) is 12.9. The number of carbonyl (C=O) groups is 3. The standard InChI is InChI=1S/C17H15NO5/c1-17(23-16(18)22,13-3-5-14(21)6-4-13)15-7-2-11(9-19)8-12(15)10-20/h2-10,21H,1H3,(H2,18,22). The molecule has 0 saturated heterocycles. The van der Waals surface area contributed by atoms with Crippen LogP contribution in [0.3, 0.4) is 0 Å². The van der Waals surface area contributed by atoms with Crippen molar-refractivity contribution >= 4 is 18.7 Å². The van der Waals surface area contributed by atoms with Crippen LogP contribution in [-0.2, 0) is 10.3 Å². The fourth-order valence-corrected chi connectivity index (χ4v) is 2.44. The molecule has 0 aromatic heterocycles. The maximum absolute atomic E-state index is 11.4. The SMILES string of the molecule is CC(OC(N)=O)(c1ccc(O)cc1)c1ccc(C=O)cc1C=O. The summed E-state index contributed by atoms with van der Waals surface area (Å²) < 4.78 is 5.28. The van der Waals surface area contributed by atoms with E-state index >= 15 is 0 Å². The first-order chi connectivity index (χ1) is 10.9. The monoisotopic (exact) mass is 313 g/mol. The lowest BCUT2D eigenvalue weighted by Crippen LogP contribution is -2.34. The summed E-state index contributed by atoms with van der Waals surface area (Å²) in [5.74, 6) is 0.0436. The zero-order valence-electron chi connectivity index (χ0n) is 12.4. The van der Waals surface area contributed by atoms with Crippen LogP contribution >= 0.6 is 0 Å². The molecule has 1 unspecified atom stereocenters. The highest BCUT2D eigenvalue weighted by Gasteiger charge is 2.35. The average Bonchev–Trinajstić information content (AvgIpc) is 2.54. The second kappa shape index (κ2) is 6.31. The average molecular weight is 313 g/mol. The number of aromatic hydroxyl groups is 1. The summed E-state index contributed by atoms with van der Waals surface area (Å²) in [6.45, 7) is 1.58. The Bertz CT molecular complexity index is 754. The number of hydrogen-bond acceptors (Lipinski definition) is 5. The molecule has 1 amide bonds. The number of benzene rings is 2. The van der Waals surface area contributed by atoms with Gasteiger partial charge in [0.25, 0.3) is 0 Å². The highest BCUT2D eigenvalue weighted by Crippen LogP contribution is 2.36. The summed E-state index contributed by atoms with van der Waals surface area (Å²) >= 11 is 0. The zero-order chi connectivity index (χ0) is 17.0. The quantitative estimate of drug-likeness (QED) is 0.824. The molecule has 2 aromatic carbocycles. The van der Waals surface area contributed by atoms with E-state index in [2.05, 4.69) is 0 Å². The molecule has 6 heteroatoms. The predicted molar refractivity (Wildman–Crippen MR) is 82.4 cm³/mol. The zero-order valence-corrected chi connectivity index (χ0v) is 12.4. The van der Waals surface area contributed by atoms with Gasteiger partial charge in [0.15, 0.2) is 11.9 Å². The van der Waals surface area contributed by atoms with Gasteiger partial charge in [-0.3, -0.25) is 9.59 Å². The highest BCUT2D eigenvalue weighted by atomic mass is 16.6. The van der Waals surface area contributed by atoms with Gasteiger partial charge in [-0.05, 0) is 25.1 Å². The number of aldehydes is 2. The number of ether oxygens (including phenoxy) is 1. The Morgan fingerprint density at radius 1 is 1.13 bits per heavy atom. The summed E-state index contributed by atoms with van der Waals surface area (Å²) in [6, 6.07) is 10.4. The number of hydrogen-bond donors (Lipinski definition) is 2. The number of amides is 1. The summed E-state index contributed by atoms with van der Waals surface area (Å²) in [6.07, 6.45) is 0.173. The van der Waals surface area contributed by atoms with Crippen LogP contribution in [0.15, 0.2) is 42.5 Å². The van der Waals surface area contributed by atoms with Gasteiger partial charge in [0, 0.05) is 22.3 Å². The first-order valence-corrected chi connectivity index (χ1v) is 6.73. The molecule has 0 saturated carbocycles. The largest absolute Gasteiger partial charge is 0.508 e. The van der Waals surface area contributed by atoms with E-state index in [1.54, 1.807) is 19.1 Å². The summed E-state index contributed by atoms with van der Waals surface area (Å²) in [7, 11) is 0. The molecule has 3 N–H and O–H groups in total. The minimum Gasteiger partial charge on any atom is -0.508 e. The van der Waals surface area contributed by atoms with Gasteiger partial charge in [0.1, 0.15) is 12.0 Å². The van der Waals surface area contributed by atoms with E-state index in [1.165, 1.54) is 30.3 Å². The molecule has 6 nitrogen and oxygen atoms in total.